The van der Waals surface area contributed by atoms with Crippen molar-refractivity contribution in [3.8, 4) is 0 Å². The number of fused-ring (bicyclic) bond motifs is 1. The van der Waals surface area contributed by atoms with Crippen LogP contribution in [0, 0.1) is 6.92 Å². The van der Waals surface area contributed by atoms with Crippen LogP contribution >= 0.6 is 11.6 Å². The number of halogens is 1. The number of hydrogen-bond donors (Lipinski definition) is 0. The summed E-state index contributed by atoms with van der Waals surface area (Å²) in [6, 6.07) is 0. The van der Waals surface area contributed by atoms with Crippen molar-refractivity contribution in [2.75, 3.05) is 0 Å². The molecule has 0 atom stereocenters. The van der Waals surface area contributed by atoms with Crippen LogP contribution in [0.1, 0.15) is 5.69 Å². The van der Waals surface area contributed by atoms with Gasteiger partial charge in [-0.1, -0.05) is 11.6 Å². The first kappa shape index (κ1) is 6.61. The molecular formula is C7H6ClN3. The van der Waals surface area contributed by atoms with E-state index in [2.05, 4.69) is 9.97 Å². The highest BCUT2D eigenvalue weighted by atomic mass is 35.5. The number of nitrogens with zero attached hydrogens (tertiary/aromatic N) is 3. The molecular weight excluding hydrogens is 162 g/mol. The zero-order chi connectivity index (χ0) is 7.84. The minimum absolute atomic E-state index is 0.481. The topological polar surface area (TPSA) is 30.2 Å². The second-order valence-corrected chi connectivity index (χ2v) is 2.75. The number of aryl methyl sites for hydroxylation is 1. The van der Waals surface area contributed by atoms with E-state index in [0.29, 0.717) is 5.15 Å². The normalized spacial score (nSPS) is 10.7. The van der Waals surface area contributed by atoms with Gasteiger partial charge in [0.25, 0.3) is 0 Å². The Morgan fingerprint density at radius 2 is 2.27 bits per heavy atom. The Kier molecular flexibility index (Phi) is 1.32. The van der Waals surface area contributed by atoms with Crippen LogP contribution in [0.25, 0.3) is 5.65 Å². The summed E-state index contributed by atoms with van der Waals surface area (Å²) in [6.07, 6.45) is 5.29. The molecule has 0 saturated heterocycles. The predicted molar refractivity (Wildman–Crippen MR) is 42.7 cm³/mol. The minimum atomic E-state index is 0.481. The second-order valence-electron chi connectivity index (χ2n) is 2.36. The largest absolute Gasteiger partial charge is 0.302 e. The number of aromatic nitrogens is 3. The SMILES string of the molecule is Cc1cn2cc(Cl)ncc2n1. The Bertz CT molecular complexity index is 393. The molecule has 0 radical (unpaired) electrons. The summed E-state index contributed by atoms with van der Waals surface area (Å²) >= 11 is 5.67. The maximum atomic E-state index is 5.67. The quantitative estimate of drug-likeness (QED) is 0.598. The van der Waals surface area contributed by atoms with Crippen LogP contribution in [-0.4, -0.2) is 14.4 Å². The zero-order valence-electron chi connectivity index (χ0n) is 5.95. The Labute approximate surface area is 68.7 Å². The average molecular weight is 168 g/mol. The van der Waals surface area contributed by atoms with Crippen molar-refractivity contribution in [2.24, 2.45) is 0 Å². The van der Waals surface area contributed by atoms with E-state index in [1.54, 1.807) is 12.4 Å². The summed E-state index contributed by atoms with van der Waals surface area (Å²) in [5.74, 6) is 0. The average Bonchev–Trinajstić information content (AvgIpc) is 2.27. The van der Waals surface area contributed by atoms with E-state index in [1.165, 1.54) is 0 Å². The van der Waals surface area contributed by atoms with Crippen LogP contribution in [0.5, 0.6) is 0 Å². The first-order valence-corrected chi connectivity index (χ1v) is 3.60. The molecule has 4 heteroatoms. The number of hydrogen-bond acceptors (Lipinski definition) is 2. The Hall–Kier alpha value is -1.09. The van der Waals surface area contributed by atoms with Crippen molar-refractivity contribution in [3.63, 3.8) is 0 Å². The van der Waals surface area contributed by atoms with Gasteiger partial charge in [-0.25, -0.2) is 9.97 Å². The molecule has 0 bridgehead atoms. The van der Waals surface area contributed by atoms with Gasteiger partial charge < -0.3 is 4.40 Å². The van der Waals surface area contributed by atoms with E-state index in [4.69, 9.17) is 11.6 Å². The molecule has 56 valence electrons. The summed E-state index contributed by atoms with van der Waals surface area (Å²) < 4.78 is 1.85. The van der Waals surface area contributed by atoms with E-state index in [-0.39, 0.29) is 0 Å². The van der Waals surface area contributed by atoms with Gasteiger partial charge >= 0.3 is 0 Å². The molecule has 0 aliphatic heterocycles. The molecule has 0 unspecified atom stereocenters. The van der Waals surface area contributed by atoms with Crippen LogP contribution in [0.4, 0.5) is 0 Å². The monoisotopic (exact) mass is 167 g/mol. The predicted octanol–water partition coefficient (Wildman–Crippen LogP) is 1.69. The van der Waals surface area contributed by atoms with Crippen LogP contribution in [0.2, 0.25) is 5.15 Å². The highest BCUT2D eigenvalue weighted by Crippen LogP contribution is 2.07. The molecule has 0 aliphatic carbocycles. The van der Waals surface area contributed by atoms with Gasteiger partial charge in [-0.3, -0.25) is 0 Å². The molecule has 3 nitrogen and oxygen atoms in total. The molecule has 2 aromatic rings. The Balaban J connectivity index is 2.82. The van der Waals surface area contributed by atoms with Gasteiger partial charge in [0.1, 0.15) is 5.15 Å². The maximum Gasteiger partial charge on any atom is 0.155 e. The summed E-state index contributed by atoms with van der Waals surface area (Å²) in [6.45, 7) is 1.93. The summed E-state index contributed by atoms with van der Waals surface area (Å²) in [7, 11) is 0. The van der Waals surface area contributed by atoms with Gasteiger partial charge in [-0.05, 0) is 6.92 Å². The molecule has 0 fully saturated rings. The molecule has 0 aliphatic rings. The van der Waals surface area contributed by atoms with Crippen molar-refractivity contribution in [1.82, 2.24) is 14.4 Å². The molecule has 2 aromatic heterocycles. The van der Waals surface area contributed by atoms with Gasteiger partial charge in [-0.2, -0.15) is 0 Å². The summed E-state index contributed by atoms with van der Waals surface area (Å²) in [5, 5.41) is 0.481. The maximum absolute atomic E-state index is 5.67. The van der Waals surface area contributed by atoms with Crippen LogP contribution < -0.4 is 0 Å². The van der Waals surface area contributed by atoms with Crippen molar-refractivity contribution in [2.45, 2.75) is 6.92 Å². The molecule has 11 heavy (non-hydrogen) atoms. The molecule has 2 heterocycles. The smallest absolute Gasteiger partial charge is 0.155 e. The third-order valence-electron chi connectivity index (χ3n) is 1.43. The lowest BCUT2D eigenvalue weighted by Gasteiger charge is -1.90. The van der Waals surface area contributed by atoms with Gasteiger partial charge in [0.05, 0.1) is 11.9 Å². The van der Waals surface area contributed by atoms with E-state index < -0.39 is 0 Å². The first-order valence-electron chi connectivity index (χ1n) is 3.22. The standard InChI is InChI=1S/C7H6ClN3/c1-5-3-11-4-6(8)9-2-7(11)10-5/h2-4H,1H3. The third kappa shape index (κ3) is 1.07. The van der Waals surface area contributed by atoms with E-state index >= 15 is 0 Å². The van der Waals surface area contributed by atoms with Crippen molar-refractivity contribution < 1.29 is 0 Å². The summed E-state index contributed by atoms with van der Waals surface area (Å²) in [5.41, 5.74) is 1.79. The van der Waals surface area contributed by atoms with Gasteiger partial charge in [-0.15, -0.1) is 0 Å². The van der Waals surface area contributed by atoms with Gasteiger partial charge in [0.2, 0.25) is 0 Å². The Morgan fingerprint density at radius 3 is 3.09 bits per heavy atom. The van der Waals surface area contributed by atoms with Crippen LogP contribution in [-0.2, 0) is 0 Å². The zero-order valence-corrected chi connectivity index (χ0v) is 6.71. The lowest BCUT2D eigenvalue weighted by atomic mass is 10.6. The van der Waals surface area contributed by atoms with Gasteiger partial charge in [0, 0.05) is 12.4 Å². The molecule has 0 spiro atoms. The van der Waals surface area contributed by atoms with E-state index in [9.17, 15) is 0 Å². The molecule has 0 aromatic carbocycles. The molecule has 0 saturated carbocycles. The minimum Gasteiger partial charge on any atom is -0.302 e. The fraction of sp³-hybridized carbons (Fsp3) is 0.143. The van der Waals surface area contributed by atoms with Crippen molar-refractivity contribution in [1.29, 1.82) is 0 Å². The lowest BCUT2D eigenvalue weighted by molar-refractivity contribution is 1.13. The molecule has 0 amide bonds. The van der Waals surface area contributed by atoms with Crippen molar-refractivity contribution in [3.05, 3.63) is 29.4 Å². The van der Waals surface area contributed by atoms with E-state index in [0.717, 1.165) is 11.3 Å². The van der Waals surface area contributed by atoms with E-state index in [1.807, 2.05) is 17.5 Å². The van der Waals surface area contributed by atoms with Gasteiger partial charge in [0.15, 0.2) is 5.65 Å². The first-order chi connectivity index (χ1) is 5.25. The lowest BCUT2D eigenvalue weighted by Crippen LogP contribution is -1.84. The third-order valence-corrected chi connectivity index (χ3v) is 1.63. The number of rotatable bonds is 0. The Morgan fingerprint density at radius 1 is 1.45 bits per heavy atom. The summed E-state index contributed by atoms with van der Waals surface area (Å²) in [4.78, 5) is 8.10. The molecule has 2 rings (SSSR count). The fourth-order valence-corrected chi connectivity index (χ4v) is 1.16. The second kappa shape index (κ2) is 2.20. The molecule has 0 N–H and O–H groups in total. The highest BCUT2D eigenvalue weighted by Gasteiger charge is 1.96. The van der Waals surface area contributed by atoms with Crippen LogP contribution in [0.3, 0.4) is 0 Å². The highest BCUT2D eigenvalue weighted by molar-refractivity contribution is 6.29. The van der Waals surface area contributed by atoms with Crippen molar-refractivity contribution >= 4 is 17.2 Å². The van der Waals surface area contributed by atoms with Crippen LogP contribution in [0.15, 0.2) is 18.6 Å². The number of imidazole rings is 1. The fourth-order valence-electron chi connectivity index (χ4n) is 1.00.